The normalized spacial score (nSPS) is 17.7. The quantitative estimate of drug-likeness (QED) is 0.779. The average molecular weight is 294 g/mol. The second kappa shape index (κ2) is 7.16. The Labute approximate surface area is 126 Å². The molecule has 1 aromatic carbocycles. The number of thiocarbonyl (C=S) groups is 1. The molecule has 0 radical (unpaired) electrons. The topological polar surface area (TPSA) is 27.7 Å². The molecule has 1 aliphatic heterocycles. The van der Waals surface area contributed by atoms with Crippen molar-refractivity contribution >= 4 is 17.3 Å². The minimum Gasteiger partial charge on any atom is -0.490 e. The molecule has 1 aromatic rings. The Kier molecular flexibility index (Phi) is 5.52. The highest BCUT2D eigenvalue weighted by atomic mass is 32.1. The summed E-state index contributed by atoms with van der Waals surface area (Å²) in [6.07, 6.45) is 3.49. The monoisotopic (exact) mass is 294 g/mol. The highest BCUT2D eigenvalue weighted by Crippen LogP contribution is 2.35. The van der Waals surface area contributed by atoms with Crippen molar-refractivity contribution in [2.24, 2.45) is 0 Å². The van der Waals surface area contributed by atoms with Crippen molar-refractivity contribution in [1.82, 2.24) is 0 Å². The molecule has 2 rings (SSSR count). The van der Waals surface area contributed by atoms with Crippen molar-refractivity contribution in [3.05, 3.63) is 35.4 Å². The van der Waals surface area contributed by atoms with E-state index in [1.165, 1.54) is 11.1 Å². The first kappa shape index (κ1) is 15.4. The number of rotatable bonds is 5. The van der Waals surface area contributed by atoms with E-state index < -0.39 is 0 Å². The summed E-state index contributed by atoms with van der Waals surface area (Å²) < 4.78 is 16.3. The van der Waals surface area contributed by atoms with Gasteiger partial charge in [-0.15, -0.1) is 0 Å². The smallest absolute Gasteiger partial charge is 0.159 e. The van der Waals surface area contributed by atoms with E-state index in [1.54, 1.807) is 14.2 Å². The van der Waals surface area contributed by atoms with Crippen LogP contribution < -0.4 is 0 Å². The van der Waals surface area contributed by atoms with Gasteiger partial charge in [-0.1, -0.05) is 24.3 Å². The van der Waals surface area contributed by atoms with Gasteiger partial charge < -0.3 is 14.2 Å². The lowest BCUT2D eigenvalue weighted by atomic mass is 9.85. The summed E-state index contributed by atoms with van der Waals surface area (Å²) in [6, 6.07) is 8.60. The standard InChI is InChI=1S/C16H22O3S/c1-17-15(20)7-6-13-4-3-5-14(12-13)16(18-2)8-10-19-11-9-16/h3-5,12H,6-11H2,1-2H3. The number of benzene rings is 1. The molecule has 110 valence electrons. The molecule has 0 unspecified atom stereocenters. The van der Waals surface area contributed by atoms with Crippen LogP contribution in [0.15, 0.2) is 24.3 Å². The number of hydrogen-bond donors (Lipinski definition) is 0. The lowest BCUT2D eigenvalue weighted by Gasteiger charge is -2.36. The third-order valence-corrected chi connectivity index (χ3v) is 4.36. The molecule has 1 heterocycles. The van der Waals surface area contributed by atoms with Gasteiger partial charge in [0.25, 0.3) is 0 Å². The third kappa shape index (κ3) is 3.57. The van der Waals surface area contributed by atoms with Crippen LogP contribution in [0.4, 0.5) is 0 Å². The van der Waals surface area contributed by atoms with Crippen molar-refractivity contribution in [2.75, 3.05) is 27.4 Å². The van der Waals surface area contributed by atoms with Crippen molar-refractivity contribution < 1.29 is 14.2 Å². The molecule has 0 N–H and O–H groups in total. The molecular formula is C16H22O3S. The summed E-state index contributed by atoms with van der Waals surface area (Å²) in [5, 5.41) is 0.655. The van der Waals surface area contributed by atoms with E-state index >= 15 is 0 Å². The largest absolute Gasteiger partial charge is 0.490 e. The summed E-state index contributed by atoms with van der Waals surface area (Å²) in [6.45, 7) is 1.51. The molecule has 0 spiro atoms. The zero-order chi connectivity index (χ0) is 14.4. The average Bonchev–Trinajstić information content (AvgIpc) is 2.53. The van der Waals surface area contributed by atoms with Crippen LogP contribution in [0.2, 0.25) is 0 Å². The summed E-state index contributed by atoms with van der Waals surface area (Å²) >= 11 is 5.09. The maximum Gasteiger partial charge on any atom is 0.159 e. The fourth-order valence-corrected chi connectivity index (χ4v) is 2.77. The summed E-state index contributed by atoms with van der Waals surface area (Å²) in [7, 11) is 3.42. The molecule has 3 nitrogen and oxygen atoms in total. The van der Waals surface area contributed by atoms with Crippen LogP contribution in [-0.2, 0) is 26.2 Å². The van der Waals surface area contributed by atoms with Crippen molar-refractivity contribution in [2.45, 2.75) is 31.3 Å². The van der Waals surface area contributed by atoms with Gasteiger partial charge in [0.15, 0.2) is 5.05 Å². The number of hydrogen-bond acceptors (Lipinski definition) is 4. The first-order chi connectivity index (χ1) is 9.70. The Hall–Kier alpha value is -0.970. The molecule has 0 saturated carbocycles. The van der Waals surface area contributed by atoms with Crippen LogP contribution in [0.1, 0.15) is 30.4 Å². The SMILES string of the molecule is COC(=S)CCc1cccc(C2(OC)CCOCC2)c1. The van der Waals surface area contributed by atoms with Crippen LogP contribution in [-0.4, -0.2) is 32.5 Å². The van der Waals surface area contributed by atoms with E-state index in [0.29, 0.717) is 5.05 Å². The first-order valence-corrected chi connectivity index (χ1v) is 7.40. The van der Waals surface area contributed by atoms with Gasteiger partial charge in [0.2, 0.25) is 0 Å². The van der Waals surface area contributed by atoms with E-state index in [4.69, 9.17) is 26.4 Å². The molecule has 4 heteroatoms. The van der Waals surface area contributed by atoms with Crippen LogP contribution in [0.3, 0.4) is 0 Å². The summed E-state index contributed by atoms with van der Waals surface area (Å²) in [5.74, 6) is 0. The fraction of sp³-hybridized carbons (Fsp3) is 0.562. The molecule has 0 aliphatic carbocycles. The molecule has 0 amide bonds. The number of ether oxygens (including phenoxy) is 3. The number of methoxy groups -OCH3 is 2. The van der Waals surface area contributed by atoms with Crippen LogP contribution in [0.25, 0.3) is 0 Å². The van der Waals surface area contributed by atoms with Crippen molar-refractivity contribution in [3.63, 3.8) is 0 Å². The van der Waals surface area contributed by atoms with E-state index in [9.17, 15) is 0 Å². The second-order valence-corrected chi connectivity index (χ2v) is 5.54. The van der Waals surface area contributed by atoms with Gasteiger partial charge >= 0.3 is 0 Å². The molecule has 1 saturated heterocycles. The van der Waals surface area contributed by atoms with E-state index in [0.717, 1.165) is 38.9 Å². The highest BCUT2D eigenvalue weighted by molar-refractivity contribution is 7.80. The van der Waals surface area contributed by atoms with Gasteiger partial charge in [-0.25, -0.2) is 0 Å². The maximum absolute atomic E-state index is 5.84. The zero-order valence-electron chi connectivity index (χ0n) is 12.2. The minimum atomic E-state index is -0.198. The van der Waals surface area contributed by atoms with Gasteiger partial charge in [-0.05, 0) is 29.8 Å². The lowest BCUT2D eigenvalue weighted by Crippen LogP contribution is -2.35. The Bertz CT molecular complexity index is 453. The molecular weight excluding hydrogens is 272 g/mol. The molecule has 0 atom stereocenters. The predicted octanol–water partition coefficient (Wildman–Crippen LogP) is 3.25. The zero-order valence-corrected chi connectivity index (χ0v) is 13.0. The molecule has 0 aromatic heterocycles. The van der Waals surface area contributed by atoms with Gasteiger partial charge in [0.1, 0.15) is 0 Å². The summed E-state index contributed by atoms with van der Waals surface area (Å²) in [5.41, 5.74) is 2.31. The van der Waals surface area contributed by atoms with Crippen LogP contribution in [0.5, 0.6) is 0 Å². The van der Waals surface area contributed by atoms with Gasteiger partial charge in [-0.3, -0.25) is 0 Å². The lowest BCUT2D eigenvalue weighted by molar-refractivity contribution is -0.0948. The first-order valence-electron chi connectivity index (χ1n) is 6.99. The van der Waals surface area contributed by atoms with E-state index in [2.05, 4.69) is 24.3 Å². The molecule has 0 bridgehead atoms. The minimum absolute atomic E-state index is 0.198. The Morgan fingerprint density at radius 2 is 2.05 bits per heavy atom. The fourth-order valence-electron chi connectivity index (χ4n) is 2.67. The molecule has 1 fully saturated rings. The third-order valence-electron chi connectivity index (χ3n) is 3.99. The van der Waals surface area contributed by atoms with Gasteiger partial charge in [-0.2, -0.15) is 0 Å². The maximum atomic E-state index is 5.84. The molecule has 1 aliphatic rings. The number of aryl methyl sites for hydroxylation is 1. The Balaban J connectivity index is 2.13. The van der Waals surface area contributed by atoms with Gasteiger partial charge in [0.05, 0.1) is 12.7 Å². The second-order valence-electron chi connectivity index (χ2n) is 5.09. The van der Waals surface area contributed by atoms with E-state index in [-0.39, 0.29) is 5.60 Å². The highest BCUT2D eigenvalue weighted by Gasteiger charge is 2.34. The van der Waals surface area contributed by atoms with Crippen molar-refractivity contribution in [3.8, 4) is 0 Å². The van der Waals surface area contributed by atoms with Crippen LogP contribution >= 0.6 is 12.2 Å². The Morgan fingerprint density at radius 1 is 1.30 bits per heavy atom. The van der Waals surface area contributed by atoms with E-state index in [1.807, 2.05) is 0 Å². The van der Waals surface area contributed by atoms with Crippen LogP contribution in [0, 0.1) is 0 Å². The van der Waals surface area contributed by atoms with Gasteiger partial charge in [0, 0.05) is 39.6 Å². The predicted molar refractivity (Wildman–Crippen MR) is 83.1 cm³/mol. The molecule has 20 heavy (non-hydrogen) atoms. The van der Waals surface area contributed by atoms with Crippen molar-refractivity contribution in [1.29, 1.82) is 0 Å². The Morgan fingerprint density at radius 3 is 2.70 bits per heavy atom. The summed E-state index contributed by atoms with van der Waals surface area (Å²) in [4.78, 5) is 0.